The van der Waals surface area contributed by atoms with Crippen LogP contribution in [0.25, 0.3) is 21.8 Å². The van der Waals surface area contributed by atoms with E-state index in [0.717, 1.165) is 46.7 Å². The van der Waals surface area contributed by atoms with Crippen molar-refractivity contribution in [2.24, 2.45) is 17.8 Å². The van der Waals surface area contributed by atoms with Gasteiger partial charge in [-0.2, -0.15) is 10.2 Å². The van der Waals surface area contributed by atoms with Gasteiger partial charge in [0.15, 0.2) is 0 Å². The number of nitrogens with zero attached hydrogens (tertiary/aromatic N) is 3. The highest BCUT2D eigenvalue weighted by Gasteiger charge is 2.58. The van der Waals surface area contributed by atoms with Crippen LogP contribution in [0.4, 0.5) is 14.9 Å². The number of aromatic amines is 2. The van der Waals surface area contributed by atoms with Crippen LogP contribution in [0.5, 0.6) is 0 Å². The highest BCUT2D eigenvalue weighted by Crippen LogP contribution is 2.66. The second-order valence-corrected chi connectivity index (χ2v) is 9.39. The first-order valence-corrected chi connectivity index (χ1v) is 11.1. The van der Waals surface area contributed by atoms with Crippen LogP contribution in [0.15, 0.2) is 36.7 Å². The number of ether oxygens (including phenoxy) is 1. The number of H-pyrrole nitrogens is 2. The first-order valence-electron chi connectivity index (χ1n) is 11.1. The number of fused-ring (bicyclic) bond motifs is 10. The molecule has 2 aromatic carbocycles. The van der Waals surface area contributed by atoms with Crippen LogP contribution in [0.2, 0.25) is 0 Å². The lowest BCUT2D eigenvalue weighted by Crippen LogP contribution is -2.47. The zero-order valence-electron chi connectivity index (χ0n) is 17.5. The Morgan fingerprint density at radius 2 is 1.94 bits per heavy atom. The fourth-order valence-electron chi connectivity index (χ4n) is 7.00. The van der Waals surface area contributed by atoms with E-state index in [2.05, 4.69) is 26.5 Å². The molecule has 0 spiro atoms. The molecule has 2 aliphatic carbocycles. The molecule has 0 radical (unpaired) electrons. The Hall–Kier alpha value is -3.42. The molecule has 2 fully saturated rings. The van der Waals surface area contributed by atoms with Crippen molar-refractivity contribution in [1.82, 2.24) is 20.4 Å². The lowest BCUT2D eigenvalue weighted by Gasteiger charge is -2.48. The van der Waals surface area contributed by atoms with Gasteiger partial charge in [0.05, 0.1) is 42.3 Å². The zero-order chi connectivity index (χ0) is 21.6. The van der Waals surface area contributed by atoms with Crippen molar-refractivity contribution >= 4 is 33.6 Å². The van der Waals surface area contributed by atoms with Crippen LogP contribution in [0.1, 0.15) is 42.3 Å². The summed E-state index contributed by atoms with van der Waals surface area (Å²) in [5.74, 6) is 0.942. The van der Waals surface area contributed by atoms with Crippen LogP contribution in [0.3, 0.4) is 0 Å². The van der Waals surface area contributed by atoms with Gasteiger partial charge in [0, 0.05) is 16.8 Å². The van der Waals surface area contributed by atoms with Gasteiger partial charge in [0.2, 0.25) is 0 Å². The summed E-state index contributed by atoms with van der Waals surface area (Å²) >= 11 is 0. The van der Waals surface area contributed by atoms with E-state index in [9.17, 15) is 4.79 Å². The van der Waals surface area contributed by atoms with Gasteiger partial charge in [0.1, 0.15) is 5.82 Å². The van der Waals surface area contributed by atoms with Gasteiger partial charge < -0.3 is 4.74 Å². The number of amides is 1. The number of nitrogens with one attached hydrogen (secondary N) is 2. The third-order valence-corrected chi connectivity index (χ3v) is 8.09. The van der Waals surface area contributed by atoms with Crippen molar-refractivity contribution in [2.45, 2.75) is 31.2 Å². The largest absolute Gasteiger partial charge is 0.452 e. The standard InChI is InChI=1S/C24H22FN5O2/c1-32-24(31)30-22(13-4-5-17-14(7-13)9-26-28-17)20-12-3-2-11(6-12)19(20)21-15-10-27-29-18(15)8-16(25)23(21)30/h4-5,7-12,19-20,22H,2-3,6H2,1H3,(H,26,28)(H,27,29)/t11?,12?,19-,20+,22-/m0/s1. The fourth-order valence-corrected chi connectivity index (χ4v) is 7.00. The molecule has 2 saturated carbocycles. The predicted molar refractivity (Wildman–Crippen MR) is 117 cm³/mol. The van der Waals surface area contributed by atoms with Crippen molar-refractivity contribution < 1.29 is 13.9 Å². The maximum atomic E-state index is 15.7. The molecule has 5 atom stereocenters. The number of benzene rings is 2. The Bertz CT molecular complexity index is 1390. The van der Waals surface area contributed by atoms with E-state index in [0.29, 0.717) is 23.0 Å². The van der Waals surface area contributed by atoms with Gasteiger partial charge in [-0.25, -0.2) is 9.18 Å². The van der Waals surface area contributed by atoms with Gasteiger partial charge in [-0.15, -0.1) is 0 Å². The number of methoxy groups -OCH3 is 1. The first kappa shape index (κ1) is 18.2. The quantitative estimate of drug-likeness (QED) is 0.442. The molecular weight excluding hydrogens is 409 g/mol. The van der Waals surface area contributed by atoms with Gasteiger partial charge in [0.25, 0.3) is 0 Å². The van der Waals surface area contributed by atoms with Crippen molar-refractivity contribution in [3.8, 4) is 0 Å². The lowest BCUT2D eigenvalue weighted by molar-refractivity contribution is 0.160. The van der Waals surface area contributed by atoms with E-state index in [-0.39, 0.29) is 17.9 Å². The Morgan fingerprint density at radius 1 is 1.12 bits per heavy atom. The molecule has 2 bridgehead atoms. The van der Waals surface area contributed by atoms with Crippen LogP contribution < -0.4 is 4.90 Å². The van der Waals surface area contributed by atoms with E-state index < -0.39 is 11.9 Å². The molecule has 7 nitrogen and oxygen atoms in total. The average Bonchev–Trinajstić information content (AvgIpc) is 3.60. The number of rotatable bonds is 1. The van der Waals surface area contributed by atoms with Gasteiger partial charge >= 0.3 is 6.09 Å². The maximum Gasteiger partial charge on any atom is 0.414 e. The van der Waals surface area contributed by atoms with Gasteiger partial charge in [-0.1, -0.05) is 6.07 Å². The van der Waals surface area contributed by atoms with Crippen LogP contribution in [-0.4, -0.2) is 33.6 Å². The summed E-state index contributed by atoms with van der Waals surface area (Å²) in [6.07, 6.45) is 6.42. The number of aromatic nitrogens is 4. The zero-order valence-corrected chi connectivity index (χ0v) is 17.5. The van der Waals surface area contributed by atoms with Crippen LogP contribution in [-0.2, 0) is 4.74 Å². The minimum Gasteiger partial charge on any atom is -0.452 e. The Morgan fingerprint density at radius 3 is 2.81 bits per heavy atom. The second-order valence-electron chi connectivity index (χ2n) is 9.39. The molecule has 2 unspecified atom stereocenters. The van der Waals surface area contributed by atoms with Crippen molar-refractivity contribution in [3.63, 3.8) is 0 Å². The van der Waals surface area contributed by atoms with E-state index in [4.69, 9.17) is 4.74 Å². The minimum atomic E-state index is -0.536. The van der Waals surface area contributed by atoms with Crippen molar-refractivity contribution in [3.05, 3.63) is 53.6 Å². The number of halogens is 1. The predicted octanol–water partition coefficient (Wildman–Crippen LogP) is 5.04. The van der Waals surface area contributed by atoms with Crippen LogP contribution in [0, 0.1) is 23.6 Å². The molecule has 4 aromatic rings. The summed E-state index contributed by atoms with van der Waals surface area (Å²) in [5.41, 5.74) is 3.86. The van der Waals surface area contributed by atoms with Crippen LogP contribution >= 0.6 is 0 Å². The van der Waals surface area contributed by atoms with E-state index in [1.165, 1.54) is 13.2 Å². The molecule has 7 rings (SSSR count). The highest BCUT2D eigenvalue weighted by atomic mass is 19.1. The van der Waals surface area contributed by atoms with E-state index in [1.54, 1.807) is 17.3 Å². The number of hydrogen-bond donors (Lipinski definition) is 2. The smallest absolute Gasteiger partial charge is 0.414 e. The molecule has 3 heterocycles. The third-order valence-electron chi connectivity index (χ3n) is 8.09. The summed E-state index contributed by atoms with van der Waals surface area (Å²) in [5, 5.41) is 16.1. The summed E-state index contributed by atoms with van der Waals surface area (Å²) < 4.78 is 20.9. The summed E-state index contributed by atoms with van der Waals surface area (Å²) in [6.45, 7) is 0. The maximum absolute atomic E-state index is 15.7. The van der Waals surface area contributed by atoms with Gasteiger partial charge in [-0.3, -0.25) is 15.1 Å². The normalized spacial score (nSPS) is 28.3. The fraction of sp³-hybridized carbons (Fsp3) is 0.375. The number of anilines is 1. The van der Waals surface area contributed by atoms with Crippen molar-refractivity contribution in [1.29, 1.82) is 0 Å². The van der Waals surface area contributed by atoms with Gasteiger partial charge in [-0.05, 0) is 66.2 Å². The average molecular weight is 431 g/mol. The topological polar surface area (TPSA) is 86.9 Å². The first-order chi connectivity index (χ1) is 15.7. The summed E-state index contributed by atoms with van der Waals surface area (Å²) in [6, 6.07) is 7.24. The molecule has 8 heteroatoms. The Balaban J connectivity index is 1.54. The second kappa shape index (κ2) is 6.31. The Kier molecular flexibility index (Phi) is 3.58. The highest BCUT2D eigenvalue weighted by molar-refractivity contribution is 5.97. The monoisotopic (exact) mass is 431 g/mol. The van der Waals surface area contributed by atoms with E-state index >= 15 is 4.39 Å². The number of carbonyl (C=O) groups excluding carboxylic acids is 1. The Labute approximate surface area is 182 Å². The van der Waals surface area contributed by atoms with E-state index in [1.807, 2.05) is 12.1 Å². The molecule has 0 saturated heterocycles. The summed E-state index contributed by atoms with van der Waals surface area (Å²) in [4.78, 5) is 14.8. The third kappa shape index (κ3) is 2.22. The molecule has 32 heavy (non-hydrogen) atoms. The molecule has 2 N–H and O–H groups in total. The minimum absolute atomic E-state index is 0.186. The molecule has 162 valence electrons. The molecule has 2 aromatic heterocycles. The van der Waals surface area contributed by atoms with Crippen molar-refractivity contribution in [2.75, 3.05) is 12.0 Å². The molecule has 1 amide bonds. The molecular formula is C24H22FN5O2. The lowest BCUT2D eigenvalue weighted by atomic mass is 9.66. The SMILES string of the molecule is COC(=O)N1c2c(F)cc3[nH]ncc3c2[C@H]2C3CCC(C3)[C@H]2[C@@H]1c1ccc2[nH]ncc2c1. The molecule has 3 aliphatic rings. The number of carbonyl (C=O) groups is 1. The molecule has 1 aliphatic heterocycles. The number of hydrogen-bond acceptors (Lipinski definition) is 4. The summed E-state index contributed by atoms with van der Waals surface area (Å²) in [7, 11) is 1.36.